The molecule has 3 N–H and O–H groups in total. The number of nitrogens with one attached hydrogen (secondary N) is 1. The fourth-order valence-electron chi connectivity index (χ4n) is 2.33. The van der Waals surface area contributed by atoms with Gasteiger partial charge in [-0.1, -0.05) is 0 Å². The summed E-state index contributed by atoms with van der Waals surface area (Å²) in [5.74, 6) is 0.163. The van der Waals surface area contributed by atoms with Crippen LogP contribution in [-0.2, 0) is 0 Å². The zero-order chi connectivity index (χ0) is 17.1. The molecule has 0 amide bonds. The summed E-state index contributed by atoms with van der Waals surface area (Å²) < 4.78 is 6.75. The number of amidine groups is 1. The number of ether oxygens (including phenoxy) is 1. The number of fused-ring (bicyclic) bond motifs is 1. The molecule has 3 aromatic rings. The third-order valence-corrected chi connectivity index (χ3v) is 5.60. The van der Waals surface area contributed by atoms with Gasteiger partial charge in [0.25, 0.3) is 0 Å². The Morgan fingerprint density at radius 2 is 1.58 bits per heavy atom. The van der Waals surface area contributed by atoms with E-state index in [0.717, 1.165) is 10.8 Å². The van der Waals surface area contributed by atoms with Crippen molar-refractivity contribution in [1.82, 2.24) is 0 Å². The number of nitrogen functional groups attached to an aromatic ring is 1. The van der Waals surface area contributed by atoms with Crippen molar-refractivity contribution in [3.05, 3.63) is 75.4 Å². The fraction of sp³-hybridized carbons (Fsp3) is 0.0526. The van der Waals surface area contributed by atoms with Gasteiger partial charge in [0, 0.05) is 0 Å². The van der Waals surface area contributed by atoms with E-state index in [1.54, 1.807) is 24.3 Å². The van der Waals surface area contributed by atoms with Crippen molar-refractivity contribution in [2.45, 2.75) is 0 Å². The molecule has 0 spiro atoms. The van der Waals surface area contributed by atoms with Crippen molar-refractivity contribution in [1.29, 1.82) is 5.41 Å². The molecule has 5 heteroatoms. The first-order valence-electron chi connectivity index (χ1n) is 7.27. The van der Waals surface area contributed by atoms with Crippen LogP contribution in [0.4, 0.5) is 0 Å². The number of benzene rings is 3. The van der Waals surface area contributed by atoms with E-state index in [2.05, 4.69) is 4.93 Å². The monoisotopic (exact) mass is 431 g/mol. The van der Waals surface area contributed by atoms with Crippen LogP contribution < -0.4 is 31.7 Å². The second-order valence-corrected chi connectivity index (χ2v) is 7.55. The second-order valence-electron chi connectivity index (χ2n) is 5.22. The third kappa shape index (κ3) is 3.56. The van der Waals surface area contributed by atoms with Gasteiger partial charge in [0.15, 0.2) is 0 Å². The number of carbonyl (C=O) groups excluding carboxylic acids is 1. The maximum absolute atomic E-state index is 12.2. The Morgan fingerprint density at radius 3 is 2.25 bits per heavy atom. The van der Waals surface area contributed by atoms with Gasteiger partial charge >= 0.3 is 134 Å². The van der Waals surface area contributed by atoms with E-state index in [1.807, 2.05) is 36.4 Å². The number of halogens is 1. The number of rotatable bonds is 4. The quantitative estimate of drug-likeness (QED) is 0.155. The molecule has 0 unspecified atom stereocenters. The molecule has 0 aromatic heterocycles. The molecule has 24 heavy (non-hydrogen) atoms. The van der Waals surface area contributed by atoms with Gasteiger partial charge < -0.3 is 5.73 Å². The molecule has 3 rings (SSSR count). The van der Waals surface area contributed by atoms with Gasteiger partial charge in [0.05, 0.1) is 0 Å². The van der Waals surface area contributed by atoms with E-state index in [1.165, 1.54) is 3.57 Å². The molecule has 4 nitrogen and oxygen atoms in total. The number of esters is 1. The molecular formula is C19H16IN2O2-. The van der Waals surface area contributed by atoms with E-state index >= 15 is 0 Å². The van der Waals surface area contributed by atoms with Gasteiger partial charge in [-0.3, -0.25) is 5.41 Å². The van der Waals surface area contributed by atoms with E-state index < -0.39 is 0 Å². The van der Waals surface area contributed by atoms with Crippen LogP contribution in [0, 0.1) is 8.98 Å². The van der Waals surface area contributed by atoms with Crippen LogP contribution in [0.25, 0.3) is 10.8 Å². The molecule has 0 saturated heterocycles. The maximum atomic E-state index is 12.2. The Labute approximate surface area is 150 Å². The summed E-state index contributed by atoms with van der Waals surface area (Å²) in [6, 6.07) is 18.5. The zero-order valence-corrected chi connectivity index (χ0v) is 15.2. The summed E-state index contributed by atoms with van der Waals surface area (Å²) in [7, 11) is 0. The van der Waals surface area contributed by atoms with E-state index in [4.69, 9.17) is 15.9 Å². The Balaban J connectivity index is 1.82. The number of hydrogen-bond acceptors (Lipinski definition) is 3. The summed E-state index contributed by atoms with van der Waals surface area (Å²) in [6.45, 7) is 0. The van der Waals surface area contributed by atoms with Gasteiger partial charge in [0.1, 0.15) is 5.84 Å². The van der Waals surface area contributed by atoms with Gasteiger partial charge in [-0.2, -0.15) is 0 Å². The van der Waals surface area contributed by atoms with E-state index in [9.17, 15) is 4.79 Å². The van der Waals surface area contributed by atoms with Crippen molar-refractivity contribution in [2.75, 3.05) is 4.93 Å². The summed E-state index contributed by atoms with van der Waals surface area (Å²) >= 11 is 0.0235. The van der Waals surface area contributed by atoms with Crippen LogP contribution in [0.1, 0.15) is 15.9 Å². The zero-order valence-electron chi connectivity index (χ0n) is 13.0. The fourth-order valence-corrected chi connectivity index (χ4v) is 3.41. The van der Waals surface area contributed by atoms with E-state index in [-0.39, 0.29) is 33.0 Å². The normalized spacial score (nSPS) is 10.7. The van der Waals surface area contributed by atoms with Crippen molar-refractivity contribution in [3.8, 4) is 5.75 Å². The van der Waals surface area contributed by atoms with Crippen LogP contribution in [0.3, 0.4) is 0 Å². The Bertz CT molecular complexity index is 920. The van der Waals surface area contributed by atoms with Crippen LogP contribution in [0.15, 0.2) is 60.7 Å². The standard InChI is InChI=1S/C19H16IN2O2/c1-20-16-7-4-12(5-8-16)19(23)24-17-9-6-13-10-15(18(21)22)3-2-14(13)11-17/h2-11H,1H3,(H3,21,22)/q-1. The van der Waals surface area contributed by atoms with Crippen molar-refractivity contribution < 1.29 is 30.7 Å². The van der Waals surface area contributed by atoms with Gasteiger partial charge in [-0.05, 0) is 0 Å². The molecule has 0 aliphatic rings. The average molecular weight is 431 g/mol. The van der Waals surface area contributed by atoms with E-state index in [0.29, 0.717) is 16.9 Å². The molecule has 0 aliphatic carbocycles. The Kier molecular flexibility index (Phi) is 4.80. The van der Waals surface area contributed by atoms with Crippen LogP contribution in [-0.4, -0.2) is 16.7 Å². The molecule has 0 aliphatic heterocycles. The molecule has 0 heterocycles. The van der Waals surface area contributed by atoms with Gasteiger partial charge in [-0.15, -0.1) is 0 Å². The molecule has 0 bridgehead atoms. The van der Waals surface area contributed by atoms with Gasteiger partial charge in [0.2, 0.25) is 0 Å². The van der Waals surface area contributed by atoms with Crippen LogP contribution >= 0.6 is 0 Å². The predicted octanol–water partition coefficient (Wildman–Crippen LogP) is 0.231. The first-order valence-corrected chi connectivity index (χ1v) is 10.5. The van der Waals surface area contributed by atoms with Crippen molar-refractivity contribution >= 4 is 22.6 Å². The molecule has 0 saturated carbocycles. The van der Waals surface area contributed by atoms with Crippen LogP contribution in [0.5, 0.6) is 5.75 Å². The summed E-state index contributed by atoms with van der Waals surface area (Å²) in [5, 5.41) is 9.35. The first-order chi connectivity index (χ1) is 11.6. The van der Waals surface area contributed by atoms with Gasteiger partial charge in [-0.25, -0.2) is 0 Å². The summed E-state index contributed by atoms with van der Waals surface area (Å²) in [6.07, 6.45) is 0. The minimum atomic E-state index is -0.365. The SMILES string of the molecule is C[I-]c1ccc(C(=O)Oc2ccc3cc(C(=N)N)ccc3c2)cc1. The summed E-state index contributed by atoms with van der Waals surface area (Å²) in [4.78, 5) is 14.4. The van der Waals surface area contributed by atoms with Crippen molar-refractivity contribution in [2.24, 2.45) is 5.73 Å². The first kappa shape index (κ1) is 16.4. The second kappa shape index (κ2) is 7.00. The molecule has 0 radical (unpaired) electrons. The molecule has 0 fully saturated rings. The number of alkyl halides is 1. The number of hydrogen-bond donors (Lipinski definition) is 2. The molecule has 122 valence electrons. The summed E-state index contributed by atoms with van der Waals surface area (Å²) in [5.41, 5.74) is 6.72. The Hall–Kier alpha value is -2.41. The Morgan fingerprint density at radius 1 is 0.958 bits per heavy atom. The molecule has 3 aromatic carbocycles. The number of carbonyl (C=O) groups is 1. The number of nitrogens with two attached hydrogens (primary N) is 1. The average Bonchev–Trinajstić information content (AvgIpc) is 2.61. The third-order valence-electron chi connectivity index (χ3n) is 3.63. The topological polar surface area (TPSA) is 76.2 Å². The van der Waals surface area contributed by atoms with Crippen molar-refractivity contribution in [3.63, 3.8) is 0 Å². The van der Waals surface area contributed by atoms with Crippen LogP contribution in [0.2, 0.25) is 0 Å². The minimum absolute atomic E-state index is 0.0235. The molecule has 0 atom stereocenters. The molecular weight excluding hydrogens is 415 g/mol. The predicted molar refractivity (Wildman–Crippen MR) is 91.0 cm³/mol.